The van der Waals surface area contributed by atoms with E-state index in [-0.39, 0.29) is 20.2 Å². The summed E-state index contributed by atoms with van der Waals surface area (Å²) in [6.07, 6.45) is 0. The van der Waals surface area contributed by atoms with Crippen LogP contribution in [0, 0.1) is 5.92 Å². The molecule has 0 aliphatic carbocycles. The number of aromatic nitrogens is 3. The van der Waals surface area contributed by atoms with Gasteiger partial charge in [-0.15, -0.1) is 0 Å². The number of hydrogen-bond acceptors (Lipinski definition) is 10. The van der Waals surface area contributed by atoms with Crippen LogP contribution in [-0.4, -0.2) is 74.9 Å². The van der Waals surface area contributed by atoms with Crippen molar-refractivity contribution in [3.8, 4) is 0 Å². The van der Waals surface area contributed by atoms with Crippen LogP contribution in [0.1, 0.15) is 13.8 Å². The number of methoxy groups -OCH3 is 3. The third-order valence-electron chi connectivity index (χ3n) is 2.88. The molecule has 0 fully saturated rings. The van der Waals surface area contributed by atoms with E-state index >= 15 is 0 Å². The van der Waals surface area contributed by atoms with E-state index in [0.717, 1.165) is 0 Å². The van der Waals surface area contributed by atoms with Crippen molar-refractivity contribution in [2.24, 2.45) is 5.92 Å². The number of hydrogen-bond donors (Lipinski definition) is 2. The predicted octanol–water partition coefficient (Wildman–Crippen LogP) is 0.314. The van der Waals surface area contributed by atoms with Crippen LogP contribution in [0.5, 0.6) is 0 Å². The average Bonchev–Trinajstić information content (AvgIpc) is 2.56. The Morgan fingerprint density at radius 1 is 0.958 bits per heavy atom. The zero-order chi connectivity index (χ0) is 17.9. The lowest BCUT2D eigenvalue weighted by Gasteiger charge is -2.26. The third-order valence-corrected chi connectivity index (χ3v) is 2.88. The predicted molar refractivity (Wildman–Crippen MR) is 90.8 cm³/mol. The molecule has 0 unspecified atom stereocenters. The molecule has 0 saturated carbocycles. The smallest absolute Gasteiger partial charge is 0.235 e. The molecular formula is C14H28N6O4. The minimum Gasteiger partial charge on any atom is -0.376 e. The summed E-state index contributed by atoms with van der Waals surface area (Å²) >= 11 is 0. The van der Waals surface area contributed by atoms with E-state index in [0.29, 0.717) is 37.0 Å². The van der Waals surface area contributed by atoms with Crippen molar-refractivity contribution in [3.05, 3.63) is 0 Å². The Hall–Kier alpha value is -1.75. The Bertz CT molecular complexity index is 477. The van der Waals surface area contributed by atoms with Crippen LogP contribution in [-0.2, 0) is 14.2 Å². The van der Waals surface area contributed by atoms with Gasteiger partial charge in [-0.25, -0.2) is 0 Å². The van der Waals surface area contributed by atoms with Crippen LogP contribution in [0.25, 0.3) is 0 Å². The van der Waals surface area contributed by atoms with Crippen molar-refractivity contribution in [3.63, 3.8) is 0 Å². The summed E-state index contributed by atoms with van der Waals surface area (Å²) in [6, 6.07) is 0. The standard InChI is InChI=1S/C14H28N6O4/c1-11(2)6-19(9-23-4)13-16-12(15-7-22-3)17-14(18-13)20(8-21)10-24-5/h11,21H,6-10H2,1-5H3,(H,15,16,17,18). The number of nitrogens with zero attached hydrogens (tertiary/aromatic N) is 5. The normalized spacial score (nSPS) is 11.0. The van der Waals surface area contributed by atoms with Crippen LogP contribution >= 0.6 is 0 Å². The molecule has 24 heavy (non-hydrogen) atoms. The number of ether oxygens (including phenoxy) is 3. The molecule has 0 aromatic carbocycles. The van der Waals surface area contributed by atoms with Crippen LogP contribution < -0.4 is 15.1 Å². The van der Waals surface area contributed by atoms with Gasteiger partial charge < -0.3 is 29.5 Å². The highest BCUT2D eigenvalue weighted by atomic mass is 16.5. The lowest BCUT2D eigenvalue weighted by atomic mass is 10.2. The molecule has 0 aliphatic heterocycles. The molecule has 1 aromatic rings. The molecule has 1 rings (SSSR count). The second-order valence-corrected chi connectivity index (χ2v) is 5.50. The van der Waals surface area contributed by atoms with Gasteiger partial charge in [-0.3, -0.25) is 4.90 Å². The Balaban J connectivity index is 3.19. The van der Waals surface area contributed by atoms with Gasteiger partial charge in [0.05, 0.1) is 0 Å². The highest BCUT2D eigenvalue weighted by Gasteiger charge is 2.18. The Labute approximate surface area is 142 Å². The maximum absolute atomic E-state index is 9.52. The molecule has 1 heterocycles. The maximum atomic E-state index is 9.52. The first-order chi connectivity index (χ1) is 11.5. The van der Waals surface area contributed by atoms with E-state index in [1.165, 1.54) is 12.0 Å². The lowest BCUT2D eigenvalue weighted by molar-refractivity contribution is 0.166. The zero-order valence-corrected chi connectivity index (χ0v) is 15.0. The van der Waals surface area contributed by atoms with Gasteiger partial charge in [-0.2, -0.15) is 15.0 Å². The van der Waals surface area contributed by atoms with E-state index in [1.807, 2.05) is 4.90 Å². The van der Waals surface area contributed by atoms with Gasteiger partial charge in [-0.05, 0) is 5.92 Å². The van der Waals surface area contributed by atoms with Crippen LogP contribution in [0.4, 0.5) is 17.8 Å². The first kappa shape index (κ1) is 20.3. The van der Waals surface area contributed by atoms with Crippen molar-refractivity contribution in [1.29, 1.82) is 0 Å². The first-order valence-electron chi connectivity index (χ1n) is 7.63. The quantitative estimate of drug-likeness (QED) is 0.515. The number of aliphatic hydroxyl groups is 1. The van der Waals surface area contributed by atoms with E-state index < -0.39 is 0 Å². The highest BCUT2D eigenvalue weighted by Crippen LogP contribution is 2.17. The molecule has 1 aromatic heterocycles. The Morgan fingerprint density at radius 2 is 1.54 bits per heavy atom. The number of aliphatic hydroxyl groups excluding tert-OH is 1. The maximum Gasteiger partial charge on any atom is 0.235 e. The van der Waals surface area contributed by atoms with Gasteiger partial charge in [0.1, 0.15) is 26.9 Å². The molecule has 138 valence electrons. The van der Waals surface area contributed by atoms with Crippen LogP contribution in [0.3, 0.4) is 0 Å². The fourth-order valence-electron chi connectivity index (χ4n) is 1.96. The monoisotopic (exact) mass is 344 g/mol. The topological polar surface area (TPSA) is 105 Å². The van der Waals surface area contributed by atoms with Crippen molar-refractivity contribution < 1.29 is 19.3 Å². The zero-order valence-electron chi connectivity index (χ0n) is 15.0. The minimum absolute atomic E-state index is 0.151. The number of anilines is 3. The highest BCUT2D eigenvalue weighted by molar-refractivity contribution is 5.44. The molecule has 2 N–H and O–H groups in total. The van der Waals surface area contributed by atoms with E-state index in [9.17, 15) is 5.11 Å². The fourth-order valence-corrected chi connectivity index (χ4v) is 1.96. The second-order valence-electron chi connectivity index (χ2n) is 5.50. The van der Waals surface area contributed by atoms with Crippen molar-refractivity contribution >= 4 is 17.8 Å². The Morgan fingerprint density at radius 3 is 2.04 bits per heavy atom. The molecular weight excluding hydrogens is 316 g/mol. The van der Waals surface area contributed by atoms with Crippen molar-refractivity contribution in [1.82, 2.24) is 15.0 Å². The van der Waals surface area contributed by atoms with Crippen LogP contribution in [0.15, 0.2) is 0 Å². The van der Waals surface area contributed by atoms with Gasteiger partial charge in [0.15, 0.2) is 0 Å². The summed E-state index contributed by atoms with van der Waals surface area (Å²) in [5.74, 6) is 1.48. The molecule has 0 bridgehead atoms. The first-order valence-corrected chi connectivity index (χ1v) is 7.63. The van der Waals surface area contributed by atoms with E-state index in [4.69, 9.17) is 14.2 Å². The minimum atomic E-state index is -0.282. The summed E-state index contributed by atoms with van der Waals surface area (Å²) in [4.78, 5) is 16.5. The van der Waals surface area contributed by atoms with Crippen molar-refractivity contribution in [2.75, 3.05) is 69.9 Å². The molecule has 0 radical (unpaired) electrons. The number of rotatable bonds is 12. The second kappa shape index (κ2) is 10.9. The summed E-state index contributed by atoms with van der Waals surface area (Å²) < 4.78 is 15.3. The summed E-state index contributed by atoms with van der Waals surface area (Å²) in [5, 5.41) is 12.5. The summed E-state index contributed by atoms with van der Waals surface area (Å²) in [7, 11) is 4.71. The molecule has 10 nitrogen and oxygen atoms in total. The number of nitrogens with one attached hydrogen (secondary N) is 1. The van der Waals surface area contributed by atoms with Gasteiger partial charge >= 0.3 is 0 Å². The molecule has 0 amide bonds. The average molecular weight is 344 g/mol. The third kappa shape index (κ3) is 6.40. The summed E-state index contributed by atoms with van der Waals surface area (Å²) in [5.41, 5.74) is 0. The van der Waals surface area contributed by atoms with Gasteiger partial charge in [-0.1, -0.05) is 13.8 Å². The largest absolute Gasteiger partial charge is 0.376 e. The van der Waals surface area contributed by atoms with Crippen LogP contribution in [0.2, 0.25) is 0 Å². The lowest BCUT2D eigenvalue weighted by Crippen LogP contribution is -2.34. The molecule has 0 saturated heterocycles. The van der Waals surface area contributed by atoms with Crippen molar-refractivity contribution in [2.45, 2.75) is 13.8 Å². The SMILES string of the molecule is COCNc1nc(N(CO)COC)nc(N(COC)CC(C)C)n1. The molecule has 0 spiro atoms. The fraction of sp³-hybridized carbons (Fsp3) is 0.786. The van der Waals surface area contributed by atoms with Gasteiger partial charge in [0.2, 0.25) is 17.8 Å². The molecule has 0 atom stereocenters. The summed E-state index contributed by atoms with van der Waals surface area (Å²) in [6.45, 7) is 5.37. The van der Waals surface area contributed by atoms with Gasteiger partial charge in [0, 0.05) is 27.9 Å². The van der Waals surface area contributed by atoms with E-state index in [1.54, 1.807) is 14.2 Å². The molecule has 0 aliphatic rings. The molecule has 10 heteroatoms. The van der Waals surface area contributed by atoms with Gasteiger partial charge in [0.25, 0.3) is 0 Å². The Kier molecular flexibility index (Phi) is 9.23. The van der Waals surface area contributed by atoms with E-state index in [2.05, 4.69) is 34.1 Å².